The predicted molar refractivity (Wildman–Crippen MR) is 66.4 cm³/mol. The molecule has 1 N–H and O–H groups in total. The van der Waals surface area contributed by atoms with E-state index in [1.54, 1.807) is 6.92 Å². The van der Waals surface area contributed by atoms with Gasteiger partial charge in [0.15, 0.2) is 0 Å². The van der Waals surface area contributed by atoms with E-state index in [9.17, 15) is 4.79 Å². The molecule has 0 radical (unpaired) electrons. The van der Waals surface area contributed by atoms with Crippen molar-refractivity contribution >= 4 is 5.97 Å². The Kier molecular flexibility index (Phi) is 8.85. The Hall–Kier alpha value is -0.870. The molecule has 0 unspecified atom stereocenters. The maximum absolute atomic E-state index is 11.0. The van der Waals surface area contributed by atoms with Crippen molar-refractivity contribution in [2.75, 3.05) is 40.8 Å². The molecular formula is C12H24N2O2. The van der Waals surface area contributed by atoms with Gasteiger partial charge in [-0.3, -0.25) is 0 Å². The van der Waals surface area contributed by atoms with Gasteiger partial charge in [-0.05, 0) is 47.0 Å². The molecule has 0 heterocycles. The van der Waals surface area contributed by atoms with Crippen LogP contribution in [0.2, 0.25) is 0 Å². The van der Waals surface area contributed by atoms with E-state index >= 15 is 0 Å². The Bertz CT molecular complexity index is 225. The molecule has 4 heteroatoms. The van der Waals surface area contributed by atoms with Crippen molar-refractivity contribution in [3.63, 3.8) is 0 Å². The third-order valence-corrected chi connectivity index (χ3v) is 2.27. The first-order valence-corrected chi connectivity index (χ1v) is 5.68. The maximum atomic E-state index is 11.0. The third-order valence-electron chi connectivity index (χ3n) is 2.27. The van der Waals surface area contributed by atoms with Crippen molar-refractivity contribution < 1.29 is 9.53 Å². The van der Waals surface area contributed by atoms with E-state index in [2.05, 4.69) is 29.0 Å². The van der Waals surface area contributed by atoms with Gasteiger partial charge in [-0.2, -0.15) is 0 Å². The monoisotopic (exact) mass is 228 g/mol. The molecule has 0 aliphatic rings. The molecule has 0 amide bonds. The molecule has 0 aromatic heterocycles. The second-order valence-electron chi connectivity index (χ2n) is 4.09. The second-order valence-corrected chi connectivity index (χ2v) is 4.09. The van der Waals surface area contributed by atoms with Gasteiger partial charge >= 0.3 is 5.97 Å². The van der Waals surface area contributed by atoms with Crippen LogP contribution in [0, 0.1) is 0 Å². The summed E-state index contributed by atoms with van der Waals surface area (Å²) >= 11 is 0. The number of hydrogen-bond acceptors (Lipinski definition) is 4. The minimum atomic E-state index is -0.255. The Labute approximate surface area is 98.6 Å². The summed E-state index contributed by atoms with van der Waals surface area (Å²) in [4.78, 5) is 13.2. The molecule has 0 saturated carbocycles. The molecule has 0 aromatic rings. The first-order valence-electron chi connectivity index (χ1n) is 5.68. The minimum Gasteiger partial charge on any atom is -0.466 e. The van der Waals surface area contributed by atoms with Crippen LogP contribution in [0.1, 0.15) is 19.8 Å². The Balaban J connectivity index is 3.42. The minimum absolute atomic E-state index is 0.255. The highest BCUT2D eigenvalue weighted by Crippen LogP contribution is 1.94. The molecule has 0 aromatic carbocycles. The number of unbranched alkanes of at least 4 members (excludes halogenated alkanes) is 1. The molecule has 0 fully saturated rings. The molecule has 0 spiro atoms. The number of methoxy groups -OCH3 is 1. The fourth-order valence-electron chi connectivity index (χ4n) is 1.25. The van der Waals surface area contributed by atoms with Crippen molar-refractivity contribution in [1.29, 1.82) is 0 Å². The molecule has 0 aliphatic heterocycles. The quantitative estimate of drug-likeness (QED) is 0.383. The van der Waals surface area contributed by atoms with E-state index in [0.717, 1.165) is 26.1 Å². The van der Waals surface area contributed by atoms with Gasteiger partial charge in [-0.25, -0.2) is 4.79 Å². The average Bonchev–Trinajstić information content (AvgIpc) is 2.25. The fourth-order valence-corrected chi connectivity index (χ4v) is 1.25. The number of nitrogens with zero attached hydrogens (tertiary/aromatic N) is 1. The maximum Gasteiger partial charge on any atom is 0.333 e. The zero-order valence-corrected chi connectivity index (χ0v) is 10.9. The molecule has 94 valence electrons. The van der Waals surface area contributed by atoms with E-state index < -0.39 is 0 Å². The lowest BCUT2D eigenvalue weighted by molar-refractivity contribution is -0.136. The van der Waals surface area contributed by atoms with Gasteiger partial charge in [-0.1, -0.05) is 6.08 Å². The summed E-state index contributed by atoms with van der Waals surface area (Å²) in [6.07, 6.45) is 4.21. The largest absolute Gasteiger partial charge is 0.466 e. The summed E-state index contributed by atoms with van der Waals surface area (Å²) in [5, 5.41) is 3.27. The summed E-state index contributed by atoms with van der Waals surface area (Å²) in [7, 11) is 5.56. The van der Waals surface area contributed by atoms with Crippen LogP contribution >= 0.6 is 0 Å². The Morgan fingerprint density at radius 1 is 1.38 bits per heavy atom. The van der Waals surface area contributed by atoms with E-state index in [0.29, 0.717) is 5.57 Å². The van der Waals surface area contributed by atoms with Gasteiger partial charge < -0.3 is 15.0 Å². The lowest BCUT2D eigenvalue weighted by atomic mass is 10.2. The molecule has 4 nitrogen and oxygen atoms in total. The summed E-state index contributed by atoms with van der Waals surface area (Å²) in [5.74, 6) is -0.255. The zero-order valence-electron chi connectivity index (χ0n) is 10.9. The molecule has 0 bridgehead atoms. The van der Waals surface area contributed by atoms with E-state index in [4.69, 9.17) is 0 Å². The van der Waals surface area contributed by atoms with Gasteiger partial charge in [0.25, 0.3) is 0 Å². The SMILES string of the molecule is COC(=O)C(C)=CCNCCCCN(C)C. The first-order chi connectivity index (χ1) is 7.57. The standard InChI is InChI=1S/C12H24N2O2/c1-11(12(15)16-4)7-9-13-8-5-6-10-14(2)3/h7,13H,5-6,8-10H2,1-4H3. The smallest absolute Gasteiger partial charge is 0.333 e. The van der Waals surface area contributed by atoms with Crippen LogP contribution in [-0.2, 0) is 9.53 Å². The number of rotatable bonds is 8. The molecule has 0 atom stereocenters. The molecular weight excluding hydrogens is 204 g/mol. The van der Waals surface area contributed by atoms with E-state index in [1.807, 2.05) is 6.08 Å². The summed E-state index contributed by atoms with van der Waals surface area (Å²) < 4.78 is 4.59. The highest BCUT2D eigenvalue weighted by Gasteiger charge is 2.00. The summed E-state index contributed by atoms with van der Waals surface area (Å²) in [5.41, 5.74) is 0.656. The van der Waals surface area contributed by atoms with Crippen LogP contribution in [0.5, 0.6) is 0 Å². The molecule has 16 heavy (non-hydrogen) atoms. The van der Waals surface area contributed by atoms with Crippen LogP contribution in [0.25, 0.3) is 0 Å². The molecule has 0 aliphatic carbocycles. The number of carbonyl (C=O) groups excluding carboxylic acids is 1. The highest BCUT2D eigenvalue weighted by molar-refractivity contribution is 5.87. The van der Waals surface area contributed by atoms with Crippen molar-refractivity contribution in [2.45, 2.75) is 19.8 Å². The number of carbonyl (C=O) groups is 1. The lowest BCUT2D eigenvalue weighted by Crippen LogP contribution is -2.19. The van der Waals surface area contributed by atoms with E-state index in [1.165, 1.54) is 13.5 Å². The Morgan fingerprint density at radius 2 is 2.06 bits per heavy atom. The zero-order chi connectivity index (χ0) is 12.4. The van der Waals surface area contributed by atoms with Gasteiger partial charge in [0.1, 0.15) is 0 Å². The summed E-state index contributed by atoms with van der Waals surface area (Å²) in [6, 6.07) is 0. The molecule has 0 saturated heterocycles. The number of hydrogen-bond donors (Lipinski definition) is 1. The average molecular weight is 228 g/mol. The topological polar surface area (TPSA) is 41.6 Å². The van der Waals surface area contributed by atoms with Crippen LogP contribution in [-0.4, -0.2) is 51.7 Å². The first kappa shape index (κ1) is 15.1. The molecule has 0 rings (SSSR count). The van der Waals surface area contributed by atoms with Gasteiger partial charge in [-0.15, -0.1) is 0 Å². The Morgan fingerprint density at radius 3 is 2.62 bits per heavy atom. The van der Waals surface area contributed by atoms with Crippen LogP contribution in [0.3, 0.4) is 0 Å². The van der Waals surface area contributed by atoms with Crippen LogP contribution in [0.4, 0.5) is 0 Å². The predicted octanol–water partition coefficient (Wildman–Crippen LogP) is 1.04. The fraction of sp³-hybridized carbons (Fsp3) is 0.750. The van der Waals surface area contributed by atoms with Gasteiger partial charge in [0.2, 0.25) is 0 Å². The second kappa shape index (κ2) is 9.36. The number of esters is 1. The third kappa shape index (κ3) is 8.44. The van der Waals surface area contributed by atoms with Crippen LogP contribution < -0.4 is 5.32 Å². The van der Waals surface area contributed by atoms with Gasteiger partial charge in [0, 0.05) is 12.1 Å². The van der Waals surface area contributed by atoms with Crippen molar-refractivity contribution in [1.82, 2.24) is 10.2 Å². The van der Waals surface area contributed by atoms with E-state index in [-0.39, 0.29) is 5.97 Å². The highest BCUT2D eigenvalue weighted by atomic mass is 16.5. The number of nitrogens with one attached hydrogen (secondary N) is 1. The number of ether oxygens (including phenoxy) is 1. The van der Waals surface area contributed by atoms with Crippen molar-refractivity contribution in [3.05, 3.63) is 11.6 Å². The lowest BCUT2D eigenvalue weighted by Gasteiger charge is -2.08. The van der Waals surface area contributed by atoms with Crippen LogP contribution in [0.15, 0.2) is 11.6 Å². The summed E-state index contributed by atoms with van der Waals surface area (Å²) in [6.45, 7) is 4.60. The van der Waals surface area contributed by atoms with Gasteiger partial charge in [0.05, 0.1) is 7.11 Å². The van der Waals surface area contributed by atoms with Crippen molar-refractivity contribution in [2.24, 2.45) is 0 Å². The normalized spacial score (nSPS) is 11.9. The van der Waals surface area contributed by atoms with Crippen molar-refractivity contribution in [3.8, 4) is 0 Å².